The van der Waals surface area contributed by atoms with Gasteiger partial charge in [0.25, 0.3) is 0 Å². The van der Waals surface area contributed by atoms with Crippen molar-refractivity contribution in [1.82, 2.24) is 0 Å². The van der Waals surface area contributed by atoms with Gasteiger partial charge >= 0.3 is 0 Å². The van der Waals surface area contributed by atoms with E-state index in [0.29, 0.717) is 10.0 Å². The number of amidine groups is 1. The maximum atomic E-state index is 5.99. The van der Waals surface area contributed by atoms with Gasteiger partial charge in [-0.1, -0.05) is 35.0 Å². The average molecular weight is 247 g/mol. The van der Waals surface area contributed by atoms with Crippen LogP contribution in [0.2, 0.25) is 10.0 Å². The molecule has 0 saturated carbocycles. The van der Waals surface area contributed by atoms with Crippen molar-refractivity contribution >= 4 is 45.8 Å². The number of aliphatic imine (C=N–C) groups is 1. The molecule has 14 heavy (non-hydrogen) atoms. The van der Waals surface area contributed by atoms with Crippen molar-refractivity contribution < 1.29 is 0 Å². The third kappa shape index (κ3) is 2.35. The Morgan fingerprint density at radius 2 is 2.21 bits per heavy atom. The average Bonchev–Trinajstić information content (AvgIpc) is 2.64. The van der Waals surface area contributed by atoms with Crippen LogP contribution in [0, 0.1) is 0 Å². The third-order valence-corrected chi connectivity index (χ3v) is 3.21. The summed E-state index contributed by atoms with van der Waals surface area (Å²) in [6.45, 7) is 0.866. The van der Waals surface area contributed by atoms with E-state index in [1.165, 1.54) is 0 Å². The molecule has 0 unspecified atom stereocenters. The van der Waals surface area contributed by atoms with Gasteiger partial charge in [0.2, 0.25) is 0 Å². The summed E-state index contributed by atoms with van der Waals surface area (Å²) in [5.41, 5.74) is 0.812. The molecular formula is C9H8Cl2N2S. The highest BCUT2D eigenvalue weighted by atomic mass is 35.5. The lowest BCUT2D eigenvalue weighted by atomic mass is 10.3. The highest BCUT2D eigenvalue weighted by Gasteiger charge is 2.09. The van der Waals surface area contributed by atoms with E-state index in [2.05, 4.69) is 10.3 Å². The van der Waals surface area contributed by atoms with Crippen LogP contribution < -0.4 is 5.32 Å². The van der Waals surface area contributed by atoms with Gasteiger partial charge in [-0.25, -0.2) is 0 Å². The van der Waals surface area contributed by atoms with E-state index in [0.717, 1.165) is 23.2 Å². The maximum absolute atomic E-state index is 5.99. The van der Waals surface area contributed by atoms with Crippen molar-refractivity contribution in [2.45, 2.75) is 0 Å². The second kappa shape index (κ2) is 4.43. The van der Waals surface area contributed by atoms with Gasteiger partial charge in [0.05, 0.1) is 17.3 Å². The monoisotopic (exact) mass is 246 g/mol. The number of anilines is 1. The van der Waals surface area contributed by atoms with Crippen molar-refractivity contribution in [3.05, 3.63) is 28.2 Å². The molecule has 2 nitrogen and oxygen atoms in total. The standard InChI is InChI=1S/C9H8Cl2N2S/c10-6-1-2-7(11)8(5-6)13-9-12-3-4-14-9/h1-2,5H,3-4H2,(H,12,13). The minimum Gasteiger partial charge on any atom is -0.334 e. The Kier molecular flexibility index (Phi) is 3.21. The molecule has 5 heteroatoms. The molecule has 1 aliphatic heterocycles. The second-order valence-electron chi connectivity index (χ2n) is 2.78. The smallest absolute Gasteiger partial charge is 0.161 e. The Morgan fingerprint density at radius 3 is 2.93 bits per heavy atom. The number of rotatable bonds is 1. The maximum Gasteiger partial charge on any atom is 0.161 e. The van der Waals surface area contributed by atoms with E-state index >= 15 is 0 Å². The zero-order valence-corrected chi connectivity index (χ0v) is 9.59. The van der Waals surface area contributed by atoms with Crippen LogP contribution in [0.15, 0.2) is 23.2 Å². The summed E-state index contributed by atoms with van der Waals surface area (Å²) in [6, 6.07) is 5.33. The fourth-order valence-corrected chi connectivity index (χ4v) is 2.20. The SMILES string of the molecule is Clc1ccc(Cl)c(NC2=NCCS2)c1. The molecule has 0 bridgehead atoms. The van der Waals surface area contributed by atoms with Gasteiger partial charge in [-0.2, -0.15) is 0 Å². The first-order chi connectivity index (χ1) is 6.75. The Morgan fingerprint density at radius 1 is 1.36 bits per heavy atom. The highest BCUT2D eigenvalue weighted by Crippen LogP contribution is 2.27. The molecule has 0 aromatic heterocycles. The summed E-state index contributed by atoms with van der Waals surface area (Å²) < 4.78 is 0. The Labute approximate surface area is 96.7 Å². The minimum absolute atomic E-state index is 0.657. The van der Waals surface area contributed by atoms with E-state index in [9.17, 15) is 0 Å². The first kappa shape index (κ1) is 10.1. The van der Waals surface area contributed by atoms with Crippen LogP contribution in [-0.4, -0.2) is 17.5 Å². The van der Waals surface area contributed by atoms with E-state index in [-0.39, 0.29) is 0 Å². The summed E-state index contributed by atoms with van der Waals surface area (Å²) in [5.74, 6) is 1.03. The topological polar surface area (TPSA) is 24.4 Å². The van der Waals surface area contributed by atoms with E-state index < -0.39 is 0 Å². The van der Waals surface area contributed by atoms with Crippen molar-refractivity contribution in [2.24, 2.45) is 4.99 Å². The minimum atomic E-state index is 0.657. The number of nitrogens with zero attached hydrogens (tertiary/aromatic N) is 1. The summed E-state index contributed by atoms with van der Waals surface area (Å²) in [6.07, 6.45) is 0. The van der Waals surface area contributed by atoms with E-state index in [1.807, 2.05) is 0 Å². The molecular weight excluding hydrogens is 239 g/mol. The summed E-state index contributed by atoms with van der Waals surface area (Å²) >= 11 is 13.5. The zero-order valence-electron chi connectivity index (χ0n) is 7.26. The van der Waals surface area contributed by atoms with Crippen molar-refractivity contribution in [1.29, 1.82) is 0 Å². The van der Waals surface area contributed by atoms with Crippen LogP contribution in [0.5, 0.6) is 0 Å². The molecule has 0 spiro atoms. The van der Waals surface area contributed by atoms with Gasteiger partial charge in [0.15, 0.2) is 5.17 Å². The van der Waals surface area contributed by atoms with Gasteiger partial charge in [-0.05, 0) is 18.2 Å². The Hall–Kier alpha value is -0.380. The number of hydrogen-bond acceptors (Lipinski definition) is 3. The number of benzene rings is 1. The summed E-state index contributed by atoms with van der Waals surface area (Å²) in [5, 5.41) is 5.38. The second-order valence-corrected chi connectivity index (χ2v) is 4.71. The van der Waals surface area contributed by atoms with Crippen LogP contribution >= 0.6 is 35.0 Å². The summed E-state index contributed by atoms with van der Waals surface area (Å²) in [7, 11) is 0. The number of halogens is 2. The van der Waals surface area contributed by atoms with Crippen LogP contribution in [0.4, 0.5) is 5.69 Å². The lowest BCUT2D eigenvalue weighted by Gasteiger charge is -2.07. The predicted molar refractivity (Wildman–Crippen MR) is 64.8 cm³/mol. The lowest BCUT2D eigenvalue weighted by Crippen LogP contribution is -2.05. The molecule has 0 saturated heterocycles. The van der Waals surface area contributed by atoms with Crippen molar-refractivity contribution in [2.75, 3.05) is 17.6 Å². The van der Waals surface area contributed by atoms with Crippen molar-refractivity contribution in [3.63, 3.8) is 0 Å². The molecule has 2 rings (SSSR count). The van der Waals surface area contributed by atoms with E-state index in [1.54, 1.807) is 30.0 Å². The van der Waals surface area contributed by atoms with Crippen LogP contribution in [0.1, 0.15) is 0 Å². The molecule has 74 valence electrons. The molecule has 0 atom stereocenters. The molecule has 0 amide bonds. The van der Waals surface area contributed by atoms with Crippen molar-refractivity contribution in [3.8, 4) is 0 Å². The molecule has 1 aromatic carbocycles. The lowest BCUT2D eigenvalue weighted by molar-refractivity contribution is 1.17. The fourth-order valence-electron chi connectivity index (χ4n) is 1.12. The first-order valence-electron chi connectivity index (χ1n) is 4.15. The van der Waals surface area contributed by atoms with E-state index in [4.69, 9.17) is 23.2 Å². The quantitative estimate of drug-likeness (QED) is 0.821. The predicted octanol–water partition coefficient (Wildman–Crippen LogP) is 3.51. The fraction of sp³-hybridized carbons (Fsp3) is 0.222. The van der Waals surface area contributed by atoms with Gasteiger partial charge < -0.3 is 5.32 Å². The normalized spacial score (nSPS) is 15.4. The Bertz CT molecular complexity index is 379. The van der Waals surface area contributed by atoms with Gasteiger partial charge in [-0.3, -0.25) is 4.99 Å². The summed E-state index contributed by atoms with van der Waals surface area (Å²) in [4.78, 5) is 4.27. The molecule has 1 N–H and O–H groups in total. The van der Waals surface area contributed by atoms with Crippen LogP contribution in [0.3, 0.4) is 0 Å². The van der Waals surface area contributed by atoms with Gasteiger partial charge in [0.1, 0.15) is 0 Å². The highest BCUT2D eigenvalue weighted by molar-refractivity contribution is 8.14. The van der Waals surface area contributed by atoms with Crippen LogP contribution in [-0.2, 0) is 0 Å². The Balaban J connectivity index is 2.19. The molecule has 0 fully saturated rings. The van der Waals surface area contributed by atoms with Gasteiger partial charge in [-0.15, -0.1) is 0 Å². The number of hydrogen-bond donors (Lipinski definition) is 1. The molecule has 1 heterocycles. The largest absolute Gasteiger partial charge is 0.334 e. The molecule has 0 radical (unpaired) electrons. The number of thioether (sulfide) groups is 1. The number of nitrogens with one attached hydrogen (secondary N) is 1. The molecule has 0 aliphatic carbocycles. The first-order valence-corrected chi connectivity index (χ1v) is 5.89. The molecule has 1 aliphatic rings. The van der Waals surface area contributed by atoms with Crippen LogP contribution in [0.25, 0.3) is 0 Å². The zero-order chi connectivity index (χ0) is 9.97. The molecule has 1 aromatic rings. The van der Waals surface area contributed by atoms with Gasteiger partial charge in [0, 0.05) is 10.8 Å². The third-order valence-electron chi connectivity index (χ3n) is 1.76.